The van der Waals surface area contributed by atoms with Crippen molar-refractivity contribution >= 4 is 5.91 Å². The van der Waals surface area contributed by atoms with Gasteiger partial charge in [-0.3, -0.25) is 4.79 Å². The van der Waals surface area contributed by atoms with E-state index >= 15 is 0 Å². The van der Waals surface area contributed by atoms with Gasteiger partial charge in [-0.2, -0.15) is 0 Å². The summed E-state index contributed by atoms with van der Waals surface area (Å²) in [5, 5.41) is 0. The summed E-state index contributed by atoms with van der Waals surface area (Å²) in [7, 11) is 1.62. The molecule has 1 atom stereocenters. The number of likely N-dealkylation sites (tertiary alicyclic amines) is 1. The van der Waals surface area contributed by atoms with Crippen molar-refractivity contribution in [1.29, 1.82) is 0 Å². The van der Waals surface area contributed by atoms with E-state index < -0.39 is 6.10 Å². The Kier molecular flexibility index (Phi) is 5.90. The third kappa shape index (κ3) is 4.38. The van der Waals surface area contributed by atoms with Gasteiger partial charge in [0, 0.05) is 19.2 Å². The van der Waals surface area contributed by atoms with Crippen molar-refractivity contribution in [2.75, 3.05) is 20.2 Å². The second-order valence-electron chi connectivity index (χ2n) is 5.43. The van der Waals surface area contributed by atoms with E-state index in [1.54, 1.807) is 7.11 Å². The topological polar surface area (TPSA) is 38.8 Å². The first-order valence-corrected chi connectivity index (χ1v) is 7.84. The first-order chi connectivity index (χ1) is 10.2. The van der Waals surface area contributed by atoms with Gasteiger partial charge in [0.25, 0.3) is 5.91 Å². The molecule has 0 aromatic heterocycles. The van der Waals surface area contributed by atoms with E-state index in [2.05, 4.69) is 0 Å². The lowest BCUT2D eigenvalue weighted by Crippen LogP contribution is -2.42. The molecule has 1 fully saturated rings. The standard InChI is InChI=1S/C17H25NO3/c1-3-16(17(19)18-11-6-4-5-7-12-18)21-15-10-8-9-14(13-15)20-2/h8-10,13,16H,3-7,11-12H2,1-2H3/t16-/m1/s1. The highest BCUT2D eigenvalue weighted by Crippen LogP contribution is 2.22. The van der Waals surface area contributed by atoms with E-state index in [9.17, 15) is 4.79 Å². The van der Waals surface area contributed by atoms with Crippen LogP contribution in [0.15, 0.2) is 24.3 Å². The molecule has 1 aliphatic rings. The normalized spacial score (nSPS) is 17.0. The number of amides is 1. The van der Waals surface area contributed by atoms with Gasteiger partial charge in [-0.05, 0) is 31.4 Å². The highest BCUT2D eigenvalue weighted by Gasteiger charge is 2.25. The molecule has 0 unspecified atom stereocenters. The van der Waals surface area contributed by atoms with Crippen molar-refractivity contribution in [3.05, 3.63) is 24.3 Å². The molecule has 1 saturated heterocycles. The molecule has 116 valence electrons. The monoisotopic (exact) mass is 291 g/mol. The van der Waals surface area contributed by atoms with Crippen molar-refractivity contribution in [3.63, 3.8) is 0 Å². The van der Waals surface area contributed by atoms with Crippen LogP contribution in [0.1, 0.15) is 39.0 Å². The average Bonchev–Trinajstić information content (AvgIpc) is 2.81. The second kappa shape index (κ2) is 7.91. The van der Waals surface area contributed by atoms with Crippen molar-refractivity contribution in [3.8, 4) is 11.5 Å². The van der Waals surface area contributed by atoms with Crippen molar-refractivity contribution in [2.45, 2.75) is 45.1 Å². The Hall–Kier alpha value is -1.71. The van der Waals surface area contributed by atoms with Crippen molar-refractivity contribution in [1.82, 2.24) is 4.90 Å². The summed E-state index contributed by atoms with van der Waals surface area (Å²) in [4.78, 5) is 14.6. The van der Waals surface area contributed by atoms with Crippen molar-refractivity contribution in [2.24, 2.45) is 0 Å². The molecular weight excluding hydrogens is 266 g/mol. The molecule has 2 rings (SSSR count). The molecule has 0 radical (unpaired) electrons. The molecular formula is C17H25NO3. The van der Waals surface area contributed by atoms with Gasteiger partial charge >= 0.3 is 0 Å². The first kappa shape index (κ1) is 15.7. The van der Waals surface area contributed by atoms with Crippen LogP contribution in [0.2, 0.25) is 0 Å². The fourth-order valence-electron chi connectivity index (χ4n) is 2.64. The molecule has 0 aliphatic carbocycles. The summed E-state index contributed by atoms with van der Waals surface area (Å²) in [5.74, 6) is 1.54. The molecule has 0 saturated carbocycles. The van der Waals surface area contributed by atoms with Crippen LogP contribution in [0.5, 0.6) is 11.5 Å². The minimum absolute atomic E-state index is 0.113. The smallest absolute Gasteiger partial charge is 0.263 e. The molecule has 1 aromatic rings. The molecule has 1 heterocycles. The van der Waals surface area contributed by atoms with E-state index in [0.29, 0.717) is 12.2 Å². The Morgan fingerprint density at radius 2 is 1.86 bits per heavy atom. The molecule has 0 bridgehead atoms. The van der Waals surface area contributed by atoms with Crippen LogP contribution in [-0.2, 0) is 4.79 Å². The maximum absolute atomic E-state index is 12.6. The number of carbonyl (C=O) groups is 1. The van der Waals surface area contributed by atoms with Gasteiger partial charge in [-0.25, -0.2) is 0 Å². The van der Waals surface area contributed by atoms with Crippen LogP contribution in [0.4, 0.5) is 0 Å². The Labute approximate surface area is 127 Å². The van der Waals surface area contributed by atoms with E-state index in [4.69, 9.17) is 9.47 Å². The number of carbonyl (C=O) groups excluding carboxylic acids is 1. The largest absolute Gasteiger partial charge is 0.497 e. The molecule has 0 N–H and O–H groups in total. The fraction of sp³-hybridized carbons (Fsp3) is 0.588. The van der Waals surface area contributed by atoms with E-state index in [1.807, 2.05) is 36.1 Å². The number of nitrogens with zero attached hydrogens (tertiary/aromatic N) is 1. The average molecular weight is 291 g/mol. The van der Waals surface area contributed by atoms with Crippen LogP contribution in [-0.4, -0.2) is 37.1 Å². The Morgan fingerprint density at radius 3 is 2.48 bits per heavy atom. The zero-order chi connectivity index (χ0) is 15.1. The minimum Gasteiger partial charge on any atom is -0.497 e. The van der Waals surface area contributed by atoms with Crippen LogP contribution in [0.3, 0.4) is 0 Å². The summed E-state index contributed by atoms with van der Waals surface area (Å²) >= 11 is 0. The van der Waals surface area contributed by atoms with Gasteiger partial charge in [0.2, 0.25) is 0 Å². The van der Waals surface area contributed by atoms with Crippen LogP contribution in [0.25, 0.3) is 0 Å². The van der Waals surface area contributed by atoms with Crippen molar-refractivity contribution < 1.29 is 14.3 Å². The summed E-state index contributed by atoms with van der Waals surface area (Å²) < 4.78 is 11.1. The number of methoxy groups -OCH3 is 1. The lowest BCUT2D eigenvalue weighted by molar-refractivity contribution is -0.138. The molecule has 21 heavy (non-hydrogen) atoms. The highest BCUT2D eigenvalue weighted by molar-refractivity contribution is 5.81. The summed E-state index contributed by atoms with van der Waals surface area (Å²) in [6.07, 6.45) is 4.90. The van der Waals surface area contributed by atoms with Gasteiger partial charge < -0.3 is 14.4 Å². The third-order valence-corrected chi connectivity index (χ3v) is 3.88. The lowest BCUT2D eigenvalue weighted by atomic mass is 10.2. The molecule has 4 heteroatoms. The second-order valence-corrected chi connectivity index (χ2v) is 5.43. The number of hydrogen-bond donors (Lipinski definition) is 0. The summed E-state index contributed by atoms with van der Waals surface area (Å²) in [5.41, 5.74) is 0. The van der Waals surface area contributed by atoms with Gasteiger partial charge in [-0.15, -0.1) is 0 Å². The van der Waals surface area contributed by atoms with Gasteiger partial charge in [-0.1, -0.05) is 25.8 Å². The van der Waals surface area contributed by atoms with Crippen LogP contribution < -0.4 is 9.47 Å². The fourth-order valence-corrected chi connectivity index (χ4v) is 2.64. The number of ether oxygens (including phenoxy) is 2. The molecule has 1 aliphatic heterocycles. The SMILES string of the molecule is CC[C@@H](Oc1cccc(OC)c1)C(=O)N1CCCCCC1. The molecule has 1 amide bonds. The predicted molar refractivity (Wildman–Crippen MR) is 82.7 cm³/mol. The maximum Gasteiger partial charge on any atom is 0.263 e. The van der Waals surface area contributed by atoms with Crippen LogP contribution >= 0.6 is 0 Å². The van der Waals surface area contributed by atoms with Gasteiger partial charge in [0.05, 0.1) is 7.11 Å². The number of benzene rings is 1. The first-order valence-electron chi connectivity index (χ1n) is 7.84. The van der Waals surface area contributed by atoms with E-state index in [-0.39, 0.29) is 5.91 Å². The minimum atomic E-state index is -0.407. The number of rotatable bonds is 5. The predicted octanol–water partition coefficient (Wildman–Crippen LogP) is 3.26. The molecule has 0 spiro atoms. The lowest BCUT2D eigenvalue weighted by Gasteiger charge is -2.26. The maximum atomic E-state index is 12.6. The Morgan fingerprint density at radius 1 is 1.19 bits per heavy atom. The number of hydrogen-bond acceptors (Lipinski definition) is 3. The zero-order valence-corrected chi connectivity index (χ0v) is 13.0. The highest BCUT2D eigenvalue weighted by atomic mass is 16.5. The van der Waals surface area contributed by atoms with E-state index in [1.165, 1.54) is 12.8 Å². The Balaban J connectivity index is 2.02. The molecule has 4 nitrogen and oxygen atoms in total. The Bertz CT molecular complexity index is 453. The van der Waals surface area contributed by atoms with E-state index in [0.717, 1.165) is 31.7 Å². The molecule has 1 aromatic carbocycles. The zero-order valence-electron chi connectivity index (χ0n) is 13.0. The van der Waals surface area contributed by atoms with Gasteiger partial charge in [0.15, 0.2) is 6.10 Å². The third-order valence-electron chi connectivity index (χ3n) is 3.88. The summed E-state index contributed by atoms with van der Waals surface area (Å²) in [6, 6.07) is 7.42. The van der Waals surface area contributed by atoms with Gasteiger partial charge in [0.1, 0.15) is 11.5 Å². The quantitative estimate of drug-likeness (QED) is 0.836. The van der Waals surface area contributed by atoms with Crippen LogP contribution in [0, 0.1) is 0 Å². The summed E-state index contributed by atoms with van der Waals surface area (Å²) in [6.45, 7) is 3.70.